The number of hydrogen-bond acceptors (Lipinski definition) is 5. The van der Waals surface area contributed by atoms with Crippen LogP contribution in [0, 0.1) is 0 Å². The van der Waals surface area contributed by atoms with Gasteiger partial charge in [0.15, 0.2) is 0 Å². The molecule has 0 aliphatic heterocycles. The van der Waals surface area contributed by atoms with Gasteiger partial charge in [0.1, 0.15) is 5.25 Å². The van der Waals surface area contributed by atoms with Gasteiger partial charge in [-0.25, -0.2) is 0 Å². The number of nitrogens with zero attached hydrogens (tertiary/aromatic N) is 2. The van der Waals surface area contributed by atoms with E-state index in [4.69, 9.17) is 21.8 Å². The molecule has 0 spiro atoms. The van der Waals surface area contributed by atoms with Crippen LogP contribution in [-0.4, -0.2) is 16.1 Å². The fraction of sp³-hybridized carbons (Fsp3) is 0.0625. The van der Waals surface area contributed by atoms with Gasteiger partial charge in [-0.15, -0.1) is 10.2 Å². The standard InChI is InChI=1S/C16H12ClN3O2S/c17-12-8-4-7-11(9-12)15-19-20-16(22-15)23-13(14(18)21)10-5-2-1-3-6-10/h1-9,13H,(H2,18,21)/t13-/m1/s1. The smallest absolute Gasteiger partial charge is 0.277 e. The molecular weight excluding hydrogens is 334 g/mol. The molecular formula is C16H12ClN3O2S. The van der Waals surface area contributed by atoms with Crippen molar-refractivity contribution in [1.82, 2.24) is 10.2 Å². The van der Waals surface area contributed by atoms with Gasteiger partial charge in [0.25, 0.3) is 5.22 Å². The Bertz CT molecular complexity index is 823. The third-order valence-corrected chi connectivity index (χ3v) is 4.40. The number of rotatable bonds is 5. The van der Waals surface area contributed by atoms with E-state index in [-0.39, 0.29) is 5.22 Å². The molecule has 1 atom stereocenters. The molecule has 1 heterocycles. The quantitative estimate of drug-likeness (QED) is 0.713. The summed E-state index contributed by atoms with van der Waals surface area (Å²) in [5.41, 5.74) is 6.99. The third kappa shape index (κ3) is 3.72. The molecule has 2 aromatic carbocycles. The van der Waals surface area contributed by atoms with Crippen molar-refractivity contribution in [1.29, 1.82) is 0 Å². The normalized spacial score (nSPS) is 12.0. The zero-order chi connectivity index (χ0) is 16.2. The molecule has 7 heteroatoms. The van der Waals surface area contributed by atoms with Gasteiger partial charge in [-0.1, -0.05) is 48.0 Å². The molecule has 0 unspecified atom stereocenters. The molecule has 0 bridgehead atoms. The maximum atomic E-state index is 11.7. The first-order valence-corrected chi connectivity index (χ1v) is 7.99. The van der Waals surface area contributed by atoms with Crippen molar-refractivity contribution in [2.45, 2.75) is 10.5 Å². The molecule has 1 aromatic heterocycles. The highest BCUT2D eigenvalue weighted by Crippen LogP contribution is 2.35. The number of aromatic nitrogens is 2. The van der Waals surface area contributed by atoms with Gasteiger partial charge in [0, 0.05) is 10.6 Å². The minimum absolute atomic E-state index is 0.271. The van der Waals surface area contributed by atoms with Crippen molar-refractivity contribution in [3.05, 3.63) is 65.2 Å². The number of carbonyl (C=O) groups excluding carboxylic acids is 1. The first-order chi connectivity index (χ1) is 11.1. The van der Waals surface area contributed by atoms with Gasteiger partial charge in [0.05, 0.1) is 0 Å². The molecule has 0 fully saturated rings. The van der Waals surface area contributed by atoms with Crippen LogP contribution >= 0.6 is 23.4 Å². The fourth-order valence-electron chi connectivity index (χ4n) is 2.01. The van der Waals surface area contributed by atoms with E-state index in [1.165, 1.54) is 0 Å². The number of amides is 1. The summed E-state index contributed by atoms with van der Waals surface area (Å²) in [4.78, 5) is 11.7. The lowest BCUT2D eigenvalue weighted by molar-refractivity contribution is -0.117. The van der Waals surface area contributed by atoms with E-state index in [9.17, 15) is 4.79 Å². The predicted octanol–water partition coefficient (Wildman–Crippen LogP) is 3.71. The van der Waals surface area contributed by atoms with E-state index in [1.807, 2.05) is 36.4 Å². The van der Waals surface area contributed by atoms with Crippen molar-refractivity contribution in [2.24, 2.45) is 5.73 Å². The highest BCUT2D eigenvalue weighted by Gasteiger charge is 2.22. The van der Waals surface area contributed by atoms with Gasteiger partial charge in [-0.2, -0.15) is 0 Å². The van der Waals surface area contributed by atoms with Crippen molar-refractivity contribution in [3.63, 3.8) is 0 Å². The van der Waals surface area contributed by atoms with Crippen LogP contribution < -0.4 is 5.73 Å². The lowest BCUT2D eigenvalue weighted by atomic mass is 10.1. The number of primary amides is 1. The second-order valence-electron chi connectivity index (χ2n) is 4.69. The molecule has 0 saturated heterocycles. The van der Waals surface area contributed by atoms with E-state index in [0.29, 0.717) is 16.5 Å². The highest BCUT2D eigenvalue weighted by molar-refractivity contribution is 8.00. The molecule has 0 radical (unpaired) electrons. The Balaban J connectivity index is 1.84. The van der Waals surface area contributed by atoms with Gasteiger partial charge in [-0.3, -0.25) is 4.79 Å². The Kier molecular flexibility index (Phi) is 4.64. The Morgan fingerprint density at radius 1 is 1.13 bits per heavy atom. The average molecular weight is 346 g/mol. The molecule has 3 rings (SSSR count). The number of hydrogen-bond donors (Lipinski definition) is 1. The van der Waals surface area contributed by atoms with Crippen molar-refractivity contribution in [2.75, 3.05) is 0 Å². The molecule has 3 aromatic rings. The monoisotopic (exact) mass is 345 g/mol. The highest BCUT2D eigenvalue weighted by atomic mass is 35.5. The van der Waals surface area contributed by atoms with Gasteiger partial charge in [-0.05, 0) is 35.5 Å². The lowest BCUT2D eigenvalue weighted by Crippen LogP contribution is -2.18. The molecule has 0 aliphatic carbocycles. The summed E-state index contributed by atoms with van der Waals surface area (Å²) in [5, 5.41) is 8.21. The Hall–Kier alpha value is -2.31. The lowest BCUT2D eigenvalue weighted by Gasteiger charge is -2.10. The van der Waals surface area contributed by atoms with Crippen LogP contribution in [0.2, 0.25) is 5.02 Å². The zero-order valence-electron chi connectivity index (χ0n) is 11.8. The van der Waals surface area contributed by atoms with Crippen LogP contribution in [-0.2, 0) is 4.79 Å². The predicted molar refractivity (Wildman–Crippen MR) is 89.0 cm³/mol. The summed E-state index contributed by atoms with van der Waals surface area (Å²) in [6.07, 6.45) is 0. The number of halogens is 1. The maximum Gasteiger partial charge on any atom is 0.277 e. The minimum Gasteiger partial charge on any atom is -0.411 e. The first kappa shape index (κ1) is 15.6. The number of carbonyl (C=O) groups is 1. The average Bonchev–Trinajstić information content (AvgIpc) is 3.02. The van der Waals surface area contributed by atoms with E-state index in [1.54, 1.807) is 18.2 Å². The summed E-state index contributed by atoms with van der Waals surface area (Å²) in [7, 11) is 0. The topological polar surface area (TPSA) is 82.0 Å². The first-order valence-electron chi connectivity index (χ1n) is 6.74. The molecule has 2 N–H and O–H groups in total. The van der Waals surface area contributed by atoms with E-state index in [0.717, 1.165) is 17.3 Å². The van der Waals surface area contributed by atoms with E-state index in [2.05, 4.69) is 10.2 Å². The molecule has 0 saturated carbocycles. The number of thioether (sulfide) groups is 1. The Labute approximate surface area is 141 Å². The van der Waals surface area contributed by atoms with E-state index < -0.39 is 11.2 Å². The van der Waals surface area contributed by atoms with Crippen LogP contribution in [0.3, 0.4) is 0 Å². The zero-order valence-corrected chi connectivity index (χ0v) is 13.4. The number of benzene rings is 2. The van der Waals surface area contributed by atoms with E-state index >= 15 is 0 Å². The molecule has 5 nitrogen and oxygen atoms in total. The maximum absolute atomic E-state index is 11.7. The van der Waals surface area contributed by atoms with Crippen molar-refractivity contribution >= 4 is 29.3 Å². The molecule has 0 aliphatic rings. The summed E-state index contributed by atoms with van der Waals surface area (Å²) >= 11 is 7.07. The Morgan fingerprint density at radius 2 is 1.91 bits per heavy atom. The second kappa shape index (κ2) is 6.85. The number of nitrogens with two attached hydrogens (primary N) is 1. The van der Waals surface area contributed by atoms with Crippen LogP contribution in [0.25, 0.3) is 11.5 Å². The van der Waals surface area contributed by atoms with Crippen LogP contribution in [0.5, 0.6) is 0 Å². The van der Waals surface area contributed by atoms with Crippen molar-refractivity contribution in [3.8, 4) is 11.5 Å². The summed E-state index contributed by atoms with van der Waals surface area (Å²) in [6.45, 7) is 0. The van der Waals surface area contributed by atoms with Crippen LogP contribution in [0.15, 0.2) is 64.2 Å². The summed E-state index contributed by atoms with van der Waals surface area (Å²) in [6, 6.07) is 16.3. The summed E-state index contributed by atoms with van der Waals surface area (Å²) in [5.74, 6) is -0.130. The largest absolute Gasteiger partial charge is 0.411 e. The van der Waals surface area contributed by atoms with Gasteiger partial charge in [0.2, 0.25) is 11.8 Å². The van der Waals surface area contributed by atoms with Crippen LogP contribution in [0.4, 0.5) is 0 Å². The fourth-order valence-corrected chi connectivity index (χ4v) is 3.03. The molecule has 116 valence electrons. The summed E-state index contributed by atoms with van der Waals surface area (Å²) < 4.78 is 5.60. The van der Waals surface area contributed by atoms with Crippen LogP contribution in [0.1, 0.15) is 10.8 Å². The third-order valence-electron chi connectivity index (χ3n) is 3.06. The SMILES string of the molecule is NC(=O)[C@H](Sc1nnc(-c2cccc(Cl)c2)o1)c1ccccc1. The molecule has 1 amide bonds. The van der Waals surface area contributed by atoms with Gasteiger partial charge < -0.3 is 10.2 Å². The van der Waals surface area contributed by atoms with Gasteiger partial charge >= 0.3 is 0 Å². The molecule has 23 heavy (non-hydrogen) atoms. The van der Waals surface area contributed by atoms with Crippen molar-refractivity contribution < 1.29 is 9.21 Å². The minimum atomic E-state index is -0.594. The second-order valence-corrected chi connectivity index (χ2v) is 6.19. The Morgan fingerprint density at radius 3 is 2.61 bits per heavy atom.